The van der Waals surface area contributed by atoms with E-state index in [-0.39, 0.29) is 5.91 Å². The summed E-state index contributed by atoms with van der Waals surface area (Å²) < 4.78 is 0. The van der Waals surface area contributed by atoms with E-state index in [0.29, 0.717) is 19.5 Å². The van der Waals surface area contributed by atoms with Crippen molar-refractivity contribution in [2.75, 3.05) is 26.7 Å². The molecule has 2 heterocycles. The summed E-state index contributed by atoms with van der Waals surface area (Å²) >= 11 is 0. The van der Waals surface area contributed by atoms with Gasteiger partial charge in [0, 0.05) is 46.2 Å². The number of hydrogen-bond donors (Lipinski definition) is 1. The second kappa shape index (κ2) is 10.3. The molecule has 0 aromatic heterocycles. The Balaban J connectivity index is 1.33. The van der Waals surface area contributed by atoms with Crippen molar-refractivity contribution >= 4 is 17.9 Å². The molecule has 0 unspecified atom stereocenters. The molecule has 1 N–H and O–H groups in total. The predicted octanol–water partition coefficient (Wildman–Crippen LogP) is 4.06. The molecule has 2 saturated heterocycles. The smallest absolute Gasteiger partial charge is 0.222 e. The first kappa shape index (κ1) is 21.2. The first-order valence-corrected chi connectivity index (χ1v) is 11.3. The lowest BCUT2D eigenvalue weighted by Gasteiger charge is -2.31. The van der Waals surface area contributed by atoms with Gasteiger partial charge in [-0.3, -0.25) is 9.79 Å². The monoisotopic (exact) mass is 416 g/mol. The van der Waals surface area contributed by atoms with Crippen molar-refractivity contribution in [2.24, 2.45) is 4.99 Å². The zero-order chi connectivity index (χ0) is 21.5. The molecule has 4 rings (SSSR count). The Labute approximate surface area is 185 Å². The van der Waals surface area contributed by atoms with Gasteiger partial charge in [-0.15, -0.1) is 0 Å². The predicted molar refractivity (Wildman–Crippen MR) is 127 cm³/mol. The number of carbonyl (C=O) groups excluding carboxylic acids is 1. The first-order chi connectivity index (χ1) is 15.2. The van der Waals surface area contributed by atoms with Crippen LogP contribution in [0.4, 0.5) is 0 Å². The maximum absolute atomic E-state index is 12.0. The van der Waals surface area contributed by atoms with Gasteiger partial charge >= 0.3 is 0 Å². The van der Waals surface area contributed by atoms with Gasteiger partial charge in [0.2, 0.25) is 5.91 Å². The maximum atomic E-state index is 12.0. The van der Waals surface area contributed by atoms with E-state index < -0.39 is 0 Å². The molecule has 162 valence electrons. The highest BCUT2D eigenvalue weighted by Gasteiger charge is 2.21. The van der Waals surface area contributed by atoms with Crippen LogP contribution in [0.25, 0.3) is 6.08 Å². The Kier molecular flexibility index (Phi) is 7.03. The molecule has 0 aliphatic carbocycles. The van der Waals surface area contributed by atoms with E-state index in [1.807, 2.05) is 11.9 Å². The van der Waals surface area contributed by atoms with Gasteiger partial charge in [-0.1, -0.05) is 66.2 Å². The van der Waals surface area contributed by atoms with E-state index in [2.05, 4.69) is 75.9 Å². The highest BCUT2D eigenvalue weighted by Crippen LogP contribution is 2.20. The standard InChI is InChI=1S/C26H32N4O/c1-27-26(29-16-13-22(14-17-29)18-21-8-3-2-4-9-21)28-19-23-10-5-6-11-24(23)20-30-15-7-12-25(30)31/h2-6,8-11,18H,7,12-17,19-20H2,1H3,(H,27,28). The second-order valence-corrected chi connectivity index (χ2v) is 8.29. The van der Waals surface area contributed by atoms with Crippen molar-refractivity contribution in [3.05, 3.63) is 76.9 Å². The molecule has 1 amide bonds. The topological polar surface area (TPSA) is 47.9 Å². The van der Waals surface area contributed by atoms with E-state index in [1.54, 1.807) is 0 Å². The van der Waals surface area contributed by atoms with Crippen molar-refractivity contribution in [3.8, 4) is 0 Å². The van der Waals surface area contributed by atoms with Gasteiger partial charge in [0.25, 0.3) is 0 Å². The number of guanidine groups is 1. The SMILES string of the molecule is CN=C(NCc1ccccc1CN1CCCC1=O)N1CCC(=Cc2ccccc2)CC1. The molecule has 5 heteroatoms. The lowest BCUT2D eigenvalue weighted by Crippen LogP contribution is -2.44. The van der Waals surface area contributed by atoms with Crippen LogP contribution in [0, 0.1) is 0 Å². The van der Waals surface area contributed by atoms with Crippen molar-refractivity contribution in [1.29, 1.82) is 0 Å². The highest BCUT2D eigenvalue weighted by atomic mass is 16.2. The van der Waals surface area contributed by atoms with Crippen molar-refractivity contribution in [3.63, 3.8) is 0 Å². The fraction of sp³-hybridized carbons (Fsp3) is 0.385. The van der Waals surface area contributed by atoms with Gasteiger partial charge in [0.15, 0.2) is 5.96 Å². The van der Waals surface area contributed by atoms with E-state index >= 15 is 0 Å². The molecule has 0 spiro atoms. The zero-order valence-electron chi connectivity index (χ0n) is 18.4. The van der Waals surface area contributed by atoms with Gasteiger partial charge in [-0.05, 0) is 36.0 Å². The van der Waals surface area contributed by atoms with Crippen molar-refractivity contribution in [1.82, 2.24) is 15.1 Å². The molecule has 0 atom stereocenters. The molecule has 31 heavy (non-hydrogen) atoms. The van der Waals surface area contributed by atoms with E-state index in [1.165, 1.54) is 22.3 Å². The van der Waals surface area contributed by atoms with Crippen LogP contribution in [0.3, 0.4) is 0 Å². The summed E-state index contributed by atoms with van der Waals surface area (Å²) in [6.07, 6.45) is 6.10. The molecule has 2 aliphatic heterocycles. The molecule has 0 saturated carbocycles. The summed E-state index contributed by atoms with van der Waals surface area (Å²) in [5.41, 5.74) is 5.22. The van der Waals surface area contributed by atoms with Gasteiger partial charge in [0.1, 0.15) is 0 Å². The van der Waals surface area contributed by atoms with Crippen LogP contribution in [-0.2, 0) is 17.9 Å². The van der Waals surface area contributed by atoms with Gasteiger partial charge < -0.3 is 15.1 Å². The van der Waals surface area contributed by atoms with Gasteiger partial charge in [0.05, 0.1) is 0 Å². The number of hydrogen-bond acceptors (Lipinski definition) is 2. The Bertz CT molecular complexity index is 941. The minimum Gasteiger partial charge on any atom is -0.352 e. The quantitative estimate of drug-likeness (QED) is 0.591. The van der Waals surface area contributed by atoms with Gasteiger partial charge in [-0.2, -0.15) is 0 Å². The van der Waals surface area contributed by atoms with Crippen LogP contribution in [0.5, 0.6) is 0 Å². The van der Waals surface area contributed by atoms with E-state index in [0.717, 1.165) is 44.9 Å². The van der Waals surface area contributed by atoms with Crippen LogP contribution >= 0.6 is 0 Å². The fourth-order valence-corrected chi connectivity index (χ4v) is 4.40. The summed E-state index contributed by atoms with van der Waals surface area (Å²) in [6, 6.07) is 19.0. The fourth-order valence-electron chi connectivity index (χ4n) is 4.40. The molecule has 0 radical (unpaired) electrons. The summed E-state index contributed by atoms with van der Waals surface area (Å²) in [7, 11) is 1.85. The average molecular weight is 417 g/mol. The zero-order valence-corrected chi connectivity index (χ0v) is 18.4. The van der Waals surface area contributed by atoms with Crippen LogP contribution in [0.1, 0.15) is 42.4 Å². The number of benzene rings is 2. The van der Waals surface area contributed by atoms with Crippen LogP contribution in [-0.4, -0.2) is 48.3 Å². The number of carbonyl (C=O) groups is 1. The van der Waals surface area contributed by atoms with Gasteiger partial charge in [-0.25, -0.2) is 0 Å². The molecule has 5 nitrogen and oxygen atoms in total. The minimum absolute atomic E-state index is 0.270. The summed E-state index contributed by atoms with van der Waals surface area (Å²) in [5, 5.41) is 3.55. The number of piperidine rings is 1. The third-order valence-corrected chi connectivity index (χ3v) is 6.18. The van der Waals surface area contributed by atoms with Crippen LogP contribution in [0.2, 0.25) is 0 Å². The third-order valence-electron chi connectivity index (χ3n) is 6.18. The molecular weight excluding hydrogens is 384 g/mol. The van der Waals surface area contributed by atoms with Crippen molar-refractivity contribution < 1.29 is 4.79 Å². The number of amides is 1. The van der Waals surface area contributed by atoms with Crippen LogP contribution < -0.4 is 5.32 Å². The summed E-state index contributed by atoms with van der Waals surface area (Å²) in [5.74, 6) is 1.22. The normalized spacial score (nSPS) is 17.3. The number of rotatable bonds is 5. The summed E-state index contributed by atoms with van der Waals surface area (Å²) in [6.45, 7) is 4.24. The lowest BCUT2D eigenvalue weighted by atomic mass is 10.0. The minimum atomic E-state index is 0.270. The first-order valence-electron chi connectivity index (χ1n) is 11.3. The van der Waals surface area contributed by atoms with E-state index in [4.69, 9.17) is 0 Å². The Hall–Kier alpha value is -3.08. The lowest BCUT2D eigenvalue weighted by molar-refractivity contribution is -0.128. The average Bonchev–Trinajstić information content (AvgIpc) is 3.21. The Morgan fingerprint density at radius 2 is 1.68 bits per heavy atom. The number of aliphatic imine (C=N–C) groups is 1. The third kappa shape index (κ3) is 5.54. The molecule has 2 aromatic rings. The molecule has 2 aromatic carbocycles. The Morgan fingerprint density at radius 1 is 0.968 bits per heavy atom. The number of nitrogens with zero attached hydrogens (tertiary/aromatic N) is 3. The molecule has 2 aliphatic rings. The molecule has 2 fully saturated rings. The number of nitrogens with one attached hydrogen (secondary N) is 1. The second-order valence-electron chi connectivity index (χ2n) is 8.29. The van der Waals surface area contributed by atoms with E-state index in [9.17, 15) is 4.79 Å². The molecular formula is C26H32N4O. The number of likely N-dealkylation sites (tertiary alicyclic amines) is 2. The highest BCUT2D eigenvalue weighted by molar-refractivity contribution is 5.80. The largest absolute Gasteiger partial charge is 0.352 e. The van der Waals surface area contributed by atoms with Crippen LogP contribution in [0.15, 0.2) is 65.2 Å². The van der Waals surface area contributed by atoms with Crippen molar-refractivity contribution in [2.45, 2.75) is 38.8 Å². The molecule has 0 bridgehead atoms. The Morgan fingerprint density at radius 3 is 2.35 bits per heavy atom. The summed E-state index contributed by atoms with van der Waals surface area (Å²) in [4.78, 5) is 20.9. The maximum Gasteiger partial charge on any atom is 0.222 e.